The number of hydrogen-bond donors (Lipinski definition) is 0. The summed E-state index contributed by atoms with van der Waals surface area (Å²) < 4.78 is 0. The van der Waals surface area contributed by atoms with E-state index >= 15 is 0 Å². The lowest BCUT2D eigenvalue weighted by Gasteiger charge is -1.98. The largest absolute Gasteiger partial charge is 0.103 e. The summed E-state index contributed by atoms with van der Waals surface area (Å²) in [7, 11) is 0. The maximum Gasteiger partial charge on any atom is 0.0234 e. The van der Waals surface area contributed by atoms with Crippen molar-refractivity contribution in [1.29, 1.82) is 0 Å². The average Bonchev–Trinajstić information content (AvgIpc) is 3.12. The zero-order valence-electron chi connectivity index (χ0n) is 10.8. The normalized spacial score (nSPS) is 21.7. The van der Waals surface area contributed by atoms with Gasteiger partial charge in [0.25, 0.3) is 0 Å². The molecule has 1 aromatic rings. The van der Waals surface area contributed by atoms with Crippen molar-refractivity contribution in [2.24, 2.45) is 11.8 Å². The first kappa shape index (κ1) is 12.2. The fourth-order valence-electron chi connectivity index (χ4n) is 2.21. The summed E-state index contributed by atoms with van der Waals surface area (Å²) in [6.45, 7) is 2.22. The fraction of sp³-hybridized carbons (Fsp3) is 0.529. The van der Waals surface area contributed by atoms with Gasteiger partial charge in [0.15, 0.2) is 0 Å². The standard InChI is InChI=1S/C17H22/c1-2-3-4-8-11-16-14-17(16)13-12-15-9-6-5-7-10-15/h5-7,9-10,16-17H,2-4,12-14H2,1H3. The molecule has 2 atom stereocenters. The summed E-state index contributed by atoms with van der Waals surface area (Å²) >= 11 is 0. The smallest absolute Gasteiger partial charge is 0.0234 e. The van der Waals surface area contributed by atoms with Gasteiger partial charge in [-0.2, -0.15) is 0 Å². The van der Waals surface area contributed by atoms with Crippen LogP contribution in [0, 0.1) is 23.7 Å². The molecule has 17 heavy (non-hydrogen) atoms. The number of benzene rings is 1. The van der Waals surface area contributed by atoms with E-state index in [1.165, 1.54) is 37.7 Å². The first-order valence-electron chi connectivity index (χ1n) is 6.92. The second kappa shape index (κ2) is 6.50. The zero-order chi connectivity index (χ0) is 11.9. The molecule has 0 amide bonds. The van der Waals surface area contributed by atoms with E-state index in [9.17, 15) is 0 Å². The second-order valence-electron chi connectivity index (χ2n) is 5.05. The molecule has 1 aliphatic rings. The molecule has 0 N–H and O–H groups in total. The minimum Gasteiger partial charge on any atom is -0.103 e. The first-order chi connectivity index (χ1) is 8.40. The van der Waals surface area contributed by atoms with Crippen LogP contribution in [0.3, 0.4) is 0 Å². The van der Waals surface area contributed by atoms with E-state index < -0.39 is 0 Å². The first-order valence-corrected chi connectivity index (χ1v) is 6.92. The molecule has 0 spiro atoms. The molecule has 1 aliphatic carbocycles. The Morgan fingerprint density at radius 3 is 2.82 bits per heavy atom. The van der Waals surface area contributed by atoms with Crippen molar-refractivity contribution in [2.45, 2.75) is 45.4 Å². The van der Waals surface area contributed by atoms with E-state index in [0.29, 0.717) is 0 Å². The van der Waals surface area contributed by atoms with Gasteiger partial charge in [-0.3, -0.25) is 0 Å². The Morgan fingerprint density at radius 2 is 2.06 bits per heavy atom. The monoisotopic (exact) mass is 226 g/mol. The molecule has 0 bridgehead atoms. The van der Waals surface area contributed by atoms with E-state index in [4.69, 9.17) is 0 Å². The Kier molecular flexibility index (Phi) is 4.68. The Bertz CT molecular complexity index is 379. The molecular formula is C17H22. The van der Waals surface area contributed by atoms with Crippen molar-refractivity contribution in [3.63, 3.8) is 0 Å². The summed E-state index contributed by atoms with van der Waals surface area (Å²) in [6.07, 6.45) is 7.49. The summed E-state index contributed by atoms with van der Waals surface area (Å²) in [5.41, 5.74) is 1.47. The maximum atomic E-state index is 3.43. The van der Waals surface area contributed by atoms with E-state index in [-0.39, 0.29) is 0 Å². The summed E-state index contributed by atoms with van der Waals surface area (Å²) in [4.78, 5) is 0. The highest BCUT2D eigenvalue weighted by Crippen LogP contribution is 2.41. The van der Waals surface area contributed by atoms with Crippen LogP contribution < -0.4 is 0 Å². The van der Waals surface area contributed by atoms with Crippen molar-refractivity contribution in [3.8, 4) is 11.8 Å². The van der Waals surface area contributed by atoms with Gasteiger partial charge in [0.05, 0.1) is 0 Å². The van der Waals surface area contributed by atoms with Gasteiger partial charge in [0, 0.05) is 12.3 Å². The van der Waals surface area contributed by atoms with Crippen molar-refractivity contribution in [3.05, 3.63) is 35.9 Å². The summed E-state index contributed by atoms with van der Waals surface area (Å²) in [5, 5.41) is 0. The molecule has 0 aromatic heterocycles. The van der Waals surface area contributed by atoms with Gasteiger partial charge in [0.2, 0.25) is 0 Å². The number of hydrogen-bond acceptors (Lipinski definition) is 0. The summed E-state index contributed by atoms with van der Waals surface area (Å²) in [5.74, 6) is 8.35. The molecule has 1 fully saturated rings. The van der Waals surface area contributed by atoms with Crippen LogP contribution in [0.2, 0.25) is 0 Å². The van der Waals surface area contributed by atoms with E-state index in [0.717, 1.165) is 18.3 Å². The highest BCUT2D eigenvalue weighted by Gasteiger charge is 2.34. The molecule has 2 rings (SSSR count). The van der Waals surface area contributed by atoms with Crippen molar-refractivity contribution in [1.82, 2.24) is 0 Å². The van der Waals surface area contributed by atoms with Crippen molar-refractivity contribution < 1.29 is 0 Å². The van der Waals surface area contributed by atoms with Gasteiger partial charge < -0.3 is 0 Å². The molecule has 0 heterocycles. The molecule has 1 aromatic carbocycles. The van der Waals surface area contributed by atoms with Gasteiger partial charge in [0.1, 0.15) is 0 Å². The van der Waals surface area contributed by atoms with Crippen LogP contribution in [0.15, 0.2) is 30.3 Å². The molecule has 2 unspecified atom stereocenters. The van der Waals surface area contributed by atoms with Crippen molar-refractivity contribution in [2.75, 3.05) is 0 Å². The third-order valence-corrected chi connectivity index (χ3v) is 3.51. The Hall–Kier alpha value is -1.22. The quantitative estimate of drug-likeness (QED) is 0.514. The van der Waals surface area contributed by atoms with Crippen molar-refractivity contribution >= 4 is 0 Å². The lowest BCUT2D eigenvalue weighted by molar-refractivity contribution is 0.700. The van der Waals surface area contributed by atoms with Crippen LogP contribution in [-0.4, -0.2) is 0 Å². The highest BCUT2D eigenvalue weighted by molar-refractivity contribution is 5.17. The average molecular weight is 226 g/mol. The molecular weight excluding hydrogens is 204 g/mol. The van der Waals surface area contributed by atoms with Gasteiger partial charge in [-0.1, -0.05) is 49.6 Å². The number of rotatable bonds is 5. The van der Waals surface area contributed by atoms with Gasteiger partial charge in [-0.05, 0) is 37.2 Å². The van der Waals surface area contributed by atoms with Crippen LogP contribution >= 0.6 is 0 Å². The van der Waals surface area contributed by atoms with E-state index in [1.54, 1.807) is 0 Å². The predicted octanol–water partition coefficient (Wildman–Crippen LogP) is 4.45. The predicted molar refractivity (Wildman–Crippen MR) is 73.7 cm³/mol. The molecule has 0 saturated heterocycles. The van der Waals surface area contributed by atoms with Crippen LogP contribution in [0.4, 0.5) is 0 Å². The molecule has 0 aliphatic heterocycles. The SMILES string of the molecule is CCCCC#CC1CC1CCc1ccccc1. The van der Waals surface area contributed by atoms with Crippen LogP contribution in [-0.2, 0) is 6.42 Å². The highest BCUT2D eigenvalue weighted by atomic mass is 14.4. The lowest BCUT2D eigenvalue weighted by Crippen LogP contribution is -1.87. The summed E-state index contributed by atoms with van der Waals surface area (Å²) in [6, 6.07) is 10.8. The van der Waals surface area contributed by atoms with E-state index in [1.807, 2.05) is 0 Å². The van der Waals surface area contributed by atoms with Gasteiger partial charge >= 0.3 is 0 Å². The lowest BCUT2D eigenvalue weighted by atomic mass is 10.1. The van der Waals surface area contributed by atoms with Gasteiger partial charge in [-0.25, -0.2) is 0 Å². The molecule has 90 valence electrons. The topological polar surface area (TPSA) is 0 Å². The third-order valence-electron chi connectivity index (χ3n) is 3.51. The van der Waals surface area contributed by atoms with Crippen LogP contribution in [0.25, 0.3) is 0 Å². The van der Waals surface area contributed by atoms with Gasteiger partial charge in [-0.15, -0.1) is 5.92 Å². The van der Waals surface area contributed by atoms with Crippen LogP contribution in [0.1, 0.15) is 44.6 Å². The Labute approximate surface area is 105 Å². The molecule has 0 radical (unpaired) electrons. The minimum atomic E-state index is 0.718. The van der Waals surface area contributed by atoms with E-state index in [2.05, 4.69) is 49.1 Å². The molecule has 1 saturated carbocycles. The zero-order valence-corrected chi connectivity index (χ0v) is 10.8. The maximum absolute atomic E-state index is 3.43. The molecule has 0 nitrogen and oxygen atoms in total. The second-order valence-corrected chi connectivity index (χ2v) is 5.05. The Morgan fingerprint density at radius 1 is 1.24 bits per heavy atom. The molecule has 0 heteroatoms. The fourth-order valence-corrected chi connectivity index (χ4v) is 2.21. The Balaban J connectivity index is 1.64. The van der Waals surface area contributed by atoms with Crippen LogP contribution in [0.5, 0.6) is 0 Å². The number of unbranched alkanes of at least 4 members (excludes halogenated alkanes) is 2. The third kappa shape index (κ3) is 4.27. The minimum absolute atomic E-state index is 0.718. The number of aryl methyl sites for hydroxylation is 1.